The Hall–Kier alpha value is -2.17. The first-order valence-electron chi connectivity index (χ1n) is 6.28. The molecule has 0 aliphatic carbocycles. The summed E-state index contributed by atoms with van der Waals surface area (Å²) in [6.45, 7) is -5.07. The monoisotopic (exact) mass is 275 g/mol. The lowest BCUT2D eigenvalue weighted by molar-refractivity contribution is 0.250. The molecule has 1 heterocycles. The van der Waals surface area contributed by atoms with Crippen LogP contribution in [-0.4, -0.2) is 6.98 Å². The fraction of sp³-hybridized carbons (Fsp3) is 0.0667. The summed E-state index contributed by atoms with van der Waals surface area (Å²) in [5.41, 5.74) is 0.243. The van der Waals surface area contributed by atoms with Gasteiger partial charge in [0.25, 0.3) is 0 Å². The van der Waals surface area contributed by atoms with E-state index in [1.807, 2.05) is 6.07 Å². The van der Waals surface area contributed by atoms with Crippen molar-refractivity contribution in [3.8, 4) is 5.75 Å². The Morgan fingerprint density at radius 1 is 0.850 bits per heavy atom. The van der Waals surface area contributed by atoms with E-state index in [4.69, 9.17) is 4.74 Å². The van der Waals surface area contributed by atoms with E-state index in [1.165, 1.54) is 6.07 Å². The van der Waals surface area contributed by atoms with Crippen LogP contribution in [0.4, 0.5) is 12.9 Å². The summed E-state index contributed by atoms with van der Waals surface area (Å²) in [7, 11) is 0. The highest BCUT2D eigenvalue weighted by Gasteiger charge is 2.34. The fourth-order valence-electron chi connectivity index (χ4n) is 2.32. The molecule has 1 aliphatic heterocycles. The van der Waals surface area contributed by atoms with Crippen LogP contribution in [0, 0.1) is 0 Å². The minimum atomic E-state index is -5.07. The lowest BCUT2D eigenvalue weighted by Gasteiger charge is -2.30. The van der Waals surface area contributed by atoms with Gasteiger partial charge in [-0.05, 0) is 17.2 Å². The molecule has 0 N–H and O–H groups in total. The van der Waals surface area contributed by atoms with Crippen LogP contribution in [0.2, 0.25) is 0 Å². The third-order valence-electron chi connectivity index (χ3n) is 3.26. The van der Waals surface area contributed by atoms with Crippen molar-refractivity contribution in [3.63, 3.8) is 0 Å². The van der Waals surface area contributed by atoms with Crippen molar-refractivity contribution in [3.05, 3.63) is 71.8 Å². The largest absolute Gasteiger partial charge is 0.510 e. The molecule has 0 amide bonds. The molecule has 2 aromatic carbocycles. The number of para-hydroxylation sites is 1. The molecule has 0 bridgehead atoms. The first kappa shape index (κ1) is 12.8. The molecule has 0 saturated heterocycles. The molecule has 102 valence electrons. The molecule has 0 unspecified atom stereocenters. The van der Waals surface area contributed by atoms with Crippen molar-refractivity contribution in [1.82, 2.24) is 0 Å². The maximum atomic E-state index is 13.2. The fourth-order valence-corrected chi connectivity index (χ4v) is 2.32. The van der Waals surface area contributed by atoms with E-state index < -0.39 is 18.6 Å². The van der Waals surface area contributed by atoms with Gasteiger partial charge >= 0.3 is 6.98 Å². The van der Waals surface area contributed by atoms with E-state index in [-0.39, 0.29) is 11.3 Å². The molecule has 2 aromatic rings. The van der Waals surface area contributed by atoms with E-state index in [0.29, 0.717) is 5.56 Å². The maximum Gasteiger partial charge on any atom is 0.510 e. The Kier molecular flexibility index (Phi) is 3.05. The zero-order valence-electron chi connectivity index (χ0n) is 10.5. The summed E-state index contributed by atoms with van der Waals surface area (Å²) in [4.78, 5) is 0. The number of rotatable bonds is 2. The van der Waals surface area contributed by atoms with Crippen LogP contribution in [-0.2, 0) is 0 Å². The molecule has 1 nitrogen and oxygen atoms in total. The topological polar surface area (TPSA) is 9.23 Å². The highest BCUT2D eigenvalue weighted by molar-refractivity contribution is 6.79. The molecule has 0 saturated carbocycles. The summed E-state index contributed by atoms with van der Waals surface area (Å²) >= 11 is 0. The smallest absolute Gasteiger partial charge is 0.481 e. The maximum absolute atomic E-state index is 13.2. The zero-order chi connectivity index (χ0) is 14.2. The van der Waals surface area contributed by atoms with Crippen LogP contribution >= 0.6 is 0 Å². The van der Waals surface area contributed by atoms with Gasteiger partial charge in [0, 0.05) is 0 Å². The molecule has 0 fully saturated rings. The molecule has 20 heavy (non-hydrogen) atoms. The number of fused-ring (bicyclic) bond motifs is 1. The zero-order valence-corrected chi connectivity index (χ0v) is 10.5. The average molecular weight is 275 g/mol. The van der Waals surface area contributed by atoms with Crippen LogP contribution < -0.4 is 4.74 Å². The first-order valence-corrected chi connectivity index (χ1v) is 6.28. The van der Waals surface area contributed by atoms with Crippen molar-refractivity contribution in [1.29, 1.82) is 0 Å². The van der Waals surface area contributed by atoms with Gasteiger partial charge in [0.05, 0.1) is 0 Å². The molecule has 0 spiro atoms. The predicted octanol–water partition coefficient (Wildman–Crippen LogP) is 4.59. The number of hydrogen-bond acceptors (Lipinski definition) is 1. The van der Waals surface area contributed by atoms with E-state index in [2.05, 4.69) is 0 Å². The van der Waals surface area contributed by atoms with Crippen LogP contribution in [0.1, 0.15) is 17.2 Å². The summed E-state index contributed by atoms with van der Waals surface area (Å²) < 4.78 is 45.4. The Balaban J connectivity index is 2.10. The predicted molar refractivity (Wildman–Crippen MR) is 73.3 cm³/mol. The Bertz CT molecular complexity index is 650. The normalized spacial score (nSPS) is 17.9. The third-order valence-corrected chi connectivity index (χ3v) is 3.26. The van der Waals surface area contributed by atoms with Crippen molar-refractivity contribution in [2.45, 2.75) is 6.10 Å². The van der Waals surface area contributed by atoms with E-state index in [9.17, 15) is 12.9 Å². The van der Waals surface area contributed by atoms with Gasteiger partial charge in [-0.15, -0.1) is 0 Å². The molecular weight excluding hydrogens is 264 g/mol. The Labute approximate surface area is 114 Å². The summed E-state index contributed by atoms with van der Waals surface area (Å²) in [6, 6.07) is 15.2. The van der Waals surface area contributed by atoms with Crippen molar-refractivity contribution < 1.29 is 17.7 Å². The number of halogens is 3. The van der Waals surface area contributed by atoms with Crippen molar-refractivity contribution in [2.75, 3.05) is 0 Å². The van der Waals surface area contributed by atoms with Gasteiger partial charge < -0.3 is 17.7 Å². The second kappa shape index (κ2) is 4.74. The number of hydrogen-bond donors (Lipinski definition) is 0. The van der Waals surface area contributed by atoms with E-state index in [0.717, 1.165) is 6.08 Å². The van der Waals surface area contributed by atoms with Crippen molar-refractivity contribution >= 4 is 12.4 Å². The summed E-state index contributed by atoms with van der Waals surface area (Å²) in [5.74, 6) is 0.276. The number of benzene rings is 2. The lowest BCUT2D eigenvalue weighted by Crippen LogP contribution is -2.23. The lowest BCUT2D eigenvalue weighted by atomic mass is 9.72. The highest BCUT2D eigenvalue weighted by atomic mass is 19.4. The molecule has 0 radical (unpaired) electrons. The third kappa shape index (κ3) is 2.31. The Morgan fingerprint density at radius 2 is 1.50 bits per heavy atom. The standard InChI is InChI=1S/C15H11BF3O/c17-16(18,19)13-10-15(11-6-2-1-3-7-11)20-14-9-5-4-8-12(13)14/h1-10,15H/q-1/t15-/m0/s1. The summed E-state index contributed by atoms with van der Waals surface area (Å²) in [5, 5.41) is 0. The van der Waals surface area contributed by atoms with E-state index >= 15 is 0 Å². The summed E-state index contributed by atoms with van der Waals surface area (Å²) in [6.07, 6.45) is 0.460. The minimum absolute atomic E-state index is 0.118. The van der Waals surface area contributed by atoms with Gasteiger partial charge in [-0.2, -0.15) is 0 Å². The SMILES string of the molecule is F[B-](F)(F)C1=C[C@@H](c2ccccc2)Oc2ccccc21. The van der Waals surface area contributed by atoms with Crippen LogP contribution in [0.5, 0.6) is 5.75 Å². The quantitative estimate of drug-likeness (QED) is 0.728. The van der Waals surface area contributed by atoms with Gasteiger partial charge in [-0.1, -0.05) is 60.1 Å². The molecule has 3 rings (SSSR count). The van der Waals surface area contributed by atoms with Crippen molar-refractivity contribution in [2.24, 2.45) is 0 Å². The molecule has 5 heteroatoms. The molecular formula is C15H11BF3O-. The second-order valence-electron chi connectivity index (χ2n) is 4.64. The van der Waals surface area contributed by atoms with Gasteiger partial charge in [0.2, 0.25) is 0 Å². The average Bonchev–Trinajstić information content (AvgIpc) is 2.46. The minimum Gasteiger partial charge on any atom is -0.481 e. The molecule has 1 atom stereocenters. The first-order chi connectivity index (χ1) is 9.55. The van der Waals surface area contributed by atoms with Gasteiger partial charge in [-0.3, -0.25) is 0 Å². The highest BCUT2D eigenvalue weighted by Crippen LogP contribution is 2.42. The van der Waals surface area contributed by atoms with Gasteiger partial charge in [-0.25, -0.2) is 0 Å². The van der Waals surface area contributed by atoms with E-state index in [1.54, 1.807) is 42.5 Å². The van der Waals surface area contributed by atoms with Gasteiger partial charge in [0.1, 0.15) is 11.9 Å². The molecule has 1 aliphatic rings. The second-order valence-corrected chi connectivity index (χ2v) is 4.64. The van der Waals surface area contributed by atoms with Gasteiger partial charge in [0.15, 0.2) is 0 Å². The van der Waals surface area contributed by atoms with Crippen LogP contribution in [0.25, 0.3) is 5.47 Å². The Morgan fingerprint density at radius 3 is 2.20 bits per heavy atom. The number of ether oxygens (including phenoxy) is 1. The van der Waals surface area contributed by atoms with Crippen LogP contribution in [0.15, 0.2) is 60.7 Å². The molecule has 0 aromatic heterocycles. The van der Waals surface area contributed by atoms with Crippen LogP contribution in [0.3, 0.4) is 0 Å².